The van der Waals surface area contributed by atoms with Crippen LogP contribution in [0.15, 0.2) is 36.4 Å². The summed E-state index contributed by atoms with van der Waals surface area (Å²) in [5.74, 6) is 0.0611. The third-order valence-electron chi connectivity index (χ3n) is 6.16. The highest BCUT2D eigenvalue weighted by Gasteiger charge is 2.32. The number of methoxy groups -OCH3 is 1. The van der Waals surface area contributed by atoms with Gasteiger partial charge in [0.2, 0.25) is 15.9 Å². The van der Waals surface area contributed by atoms with Crippen LogP contribution in [0.4, 0.5) is 5.69 Å². The van der Waals surface area contributed by atoms with Crippen LogP contribution >= 0.6 is 0 Å². The van der Waals surface area contributed by atoms with Crippen LogP contribution in [0.2, 0.25) is 0 Å². The van der Waals surface area contributed by atoms with Crippen LogP contribution in [0.5, 0.6) is 5.75 Å². The number of amides is 1. The molecule has 1 aliphatic carbocycles. The van der Waals surface area contributed by atoms with E-state index in [-0.39, 0.29) is 11.9 Å². The molecule has 0 saturated heterocycles. The molecular weight excluding hydrogens is 424 g/mol. The van der Waals surface area contributed by atoms with Gasteiger partial charge in [-0.1, -0.05) is 31.2 Å². The van der Waals surface area contributed by atoms with Gasteiger partial charge in [0.25, 0.3) is 0 Å². The molecule has 0 radical (unpaired) electrons. The predicted octanol–water partition coefficient (Wildman–Crippen LogP) is 4.30. The fourth-order valence-corrected chi connectivity index (χ4v) is 5.61. The smallest absolute Gasteiger partial charge is 0.244 e. The molecule has 1 N–H and O–H groups in total. The molecule has 1 aliphatic rings. The van der Waals surface area contributed by atoms with E-state index in [1.165, 1.54) is 31.1 Å². The number of sulfonamides is 1. The van der Waals surface area contributed by atoms with Crippen molar-refractivity contribution in [3.05, 3.63) is 58.7 Å². The summed E-state index contributed by atoms with van der Waals surface area (Å²) in [6.07, 6.45) is 6.42. The van der Waals surface area contributed by atoms with Crippen LogP contribution in [0.3, 0.4) is 0 Å². The Bertz CT molecular complexity index is 1080. The Kier molecular flexibility index (Phi) is 7.49. The summed E-state index contributed by atoms with van der Waals surface area (Å²) in [6, 6.07) is 10.6. The van der Waals surface area contributed by atoms with Crippen LogP contribution < -0.4 is 14.4 Å². The zero-order valence-electron chi connectivity index (χ0n) is 19.6. The predicted molar refractivity (Wildman–Crippen MR) is 129 cm³/mol. The van der Waals surface area contributed by atoms with Crippen molar-refractivity contribution in [2.75, 3.05) is 17.7 Å². The third-order valence-corrected chi connectivity index (χ3v) is 7.39. The van der Waals surface area contributed by atoms with Gasteiger partial charge in [0.15, 0.2) is 0 Å². The minimum absolute atomic E-state index is 0.182. The summed E-state index contributed by atoms with van der Waals surface area (Å²) in [6.45, 7) is 5.50. The van der Waals surface area contributed by atoms with E-state index in [2.05, 4.69) is 23.5 Å². The lowest BCUT2D eigenvalue weighted by molar-refractivity contribution is -0.122. The van der Waals surface area contributed by atoms with Gasteiger partial charge < -0.3 is 10.1 Å². The number of nitrogens with one attached hydrogen (secondary N) is 1. The second kappa shape index (κ2) is 9.94. The molecule has 32 heavy (non-hydrogen) atoms. The number of benzene rings is 2. The molecule has 0 unspecified atom stereocenters. The Morgan fingerprint density at radius 2 is 1.81 bits per heavy atom. The molecule has 0 aromatic heterocycles. The van der Waals surface area contributed by atoms with Gasteiger partial charge in [0, 0.05) is 0 Å². The first-order valence-electron chi connectivity index (χ1n) is 11.2. The van der Waals surface area contributed by atoms with Gasteiger partial charge in [-0.2, -0.15) is 0 Å². The zero-order chi connectivity index (χ0) is 23.5. The first-order chi connectivity index (χ1) is 15.2. The summed E-state index contributed by atoms with van der Waals surface area (Å²) in [7, 11) is -2.25. The highest BCUT2D eigenvalue weighted by Crippen LogP contribution is 2.33. The molecule has 3 rings (SSSR count). The van der Waals surface area contributed by atoms with Gasteiger partial charge in [-0.3, -0.25) is 9.10 Å². The van der Waals surface area contributed by atoms with Gasteiger partial charge in [0.1, 0.15) is 11.8 Å². The average Bonchev–Trinajstić information content (AvgIpc) is 2.76. The fraction of sp³-hybridized carbons (Fsp3) is 0.480. The summed E-state index contributed by atoms with van der Waals surface area (Å²) >= 11 is 0. The van der Waals surface area contributed by atoms with Gasteiger partial charge in [-0.15, -0.1) is 0 Å². The number of aryl methyl sites for hydroxylation is 3. The van der Waals surface area contributed by atoms with Crippen molar-refractivity contribution < 1.29 is 17.9 Å². The van der Waals surface area contributed by atoms with Crippen LogP contribution in [0, 0.1) is 6.92 Å². The van der Waals surface area contributed by atoms with Crippen molar-refractivity contribution in [1.82, 2.24) is 5.32 Å². The largest absolute Gasteiger partial charge is 0.495 e. The molecule has 0 spiro atoms. The second-order valence-corrected chi connectivity index (χ2v) is 10.5. The number of hydrogen-bond donors (Lipinski definition) is 1. The molecule has 0 heterocycles. The fourth-order valence-electron chi connectivity index (χ4n) is 4.44. The first-order valence-corrected chi connectivity index (χ1v) is 13.1. The summed E-state index contributed by atoms with van der Waals surface area (Å²) in [5.41, 5.74) is 5.05. The molecular formula is C25H34N2O4S. The van der Waals surface area contributed by atoms with Crippen LogP contribution in [-0.4, -0.2) is 33.7 Å². The molecule has 0 fully saturated rings. The van der Waals surface area contributed by atoms with Crippen molar-refractivity contribution in [3.8, 4) is 5.75 Å². The number of ether oxygens (including phenoxy) is 1. The van der Waals surface area contributed by atoms with E-state index in [9.17, 15) is 13.2 Å². The van der Waals surface area contributed by atoms with E-state index in [0.717, 1.165) is 34.5 Å². The number of hydrogen-bond acceptors (Lipinski definition) is 4. The SMILES string of the molecule is CC[C@@H](NC(=O)[C@H](C)N(c1cc(C)ccc1OC)S(C)(=O)=O)c1ccc2c(c1)CCCC2. The number of anilines is 1. The van der Waals surface area contributed by atoms with Crippen molar-refractivity contribution in [3.63, 3.8) is 0 Å². The van der Waals surface area contributed by atoms with E-state index in [1.54, 1.807) is 19.1 Å². The topological polar surface area (TPSA) is 75.7 Å². The maximum absolute atomic E-state index is 13.3. The average molecular weight is 459 g/mol. The summed E-state index contributed by atoms with van der Waals surface area (Å²) in [4.78, 5) is 13.3. The number of fused-ring (bicyclic) bond motifs is 1. The second-order valence-electron chi connectivity index (χ2n) is 8.61. The van der Waals surface area contributed by atoms with Crippen molar-refractivity contribution >= 4 is 21.6 Å². The molecule has 0 bridgehead atoms. The number of carbonyl (C=O) groups is 1. The quantitative estimate of drug-likeness (QED) is 0.640. The minimum Gasteiger partial charge on any atom is -0.495 e. The van der Waals surface area contributed by atoms with Crippen LogP contribution in [0.1, 0.15) is 61.4 Å². The van der Waals surface area contributed by atoms with Crippen molar-refractivity contribution in [2.24, 2.45) is 0 Å². The van der Waals surface area contributed by atoms with Gasteiger partial charge in [-0.05, 0) is 80.3 Å². The van der Waals surface area contributed by atoms with Crippen molar-refractivity contribution in [2.45, 2.75) is 65.0 Å². The molecule has 0 aliphatic heterocycles. The Morgan fingerprint density at radius 3 is 2.44 bits per heavy atom. The lowest BCUT2D eigenvalue weighted by atomic mass is 9.88. The highest BCUT2D eigenvalue weighted by molar-refractivity contribution is 7.92. The maximum atomic E-state index is 13.3. The number of carbonyl (C=O) groups excluding carboxylic acids is 1. The molecule has 2 aromatic carbocycles. The van der Waals surface area contributed by atoms with Crippen LogP contribution in [0.25, 0.3) is 0 Å². The Morgan fingerprint density at radius 1 is 1.12 bits per heavy atom. The third kappa shape index (κ3) is 5.26. The normalized spacial score (nSPS) is 15.4. The van der Waals surface area contributed by atoms with E-state index in [4.69, 9.17) is 4.74 Å². The van der Waals surface area contributed by atoms with Gasteiger partial charge >= 0.3 is 0 Å². The molecule has 174 valence electrons. The van der Waals surface area contributed by atoms with Crippen molar-refractivity contribution in [1.29, 1.82) is 0 Å². The minimum atomic E-state index is -3.74. The molecule has 2 atom stereocenters. The summed E-state index contributed by atoms with van der Waals surface area (Å²) < 4.78 is 32.0. The Balaban J connectivity index is 1.88. The van der Waals surface area contributed by atoms with Gasteiger partial charge in [-0.25, -0.2) is 8.42 Å². The maximum Gasteiger partial charge on any atom is 0.244 e. The van der Waals surface area contributed by atoms with E-state index < -0.39 is 16.1 Å². The lowest BCUT2D eigenvalue weighted by Crippen LogP contribution is -2.48. The van der Waals surface area contributed by atoms with E-state index in [0.29, 0.717) is 17.9 Å². The molecule has 1 amide bonds. The monoisotopic (exact) mass is 458 g/mol. The Labute approximate surface area is 192 Å². The first kappa shape index (κ1) is 24.1. The summed E-state index contributed by atoms with van der Waals surface area (Å²) in [5, 5.41) is 3.08. The Hall–Kier alpha value is -2.54. The highest BCUT2D eigenvalue weighted by atomic mass is 32.2. The number of nitrogens with zero attached hydrogens (tertiary/aromatic N) is 1. The zero-order valence-corrected chi connectivity index (χ0v) is 20.5. The molecule has 7 heteroatoms. The molecule has 6 nitrogen and oxygen atoms in total. The lowest BCUT2D eigenvalue weighted by Gasteiger charge is -2.31. The molecule has 0 saturated carbocycles. The van der Waals surface area contributed by atoms with E-state index >= 15 is 0 Å². The van der Waals surface area contributed by atoms with E-state index in [1.807, 2.05) is 19.9 Å². The van der Waals surface area contributed by atoms with Gasteiger partial charge in [0.05, 0.1) is 25.1 Å². The number of rotatable bonds is 8. The molecule has 2 aromatic rings. The van der Waals surface area contributed by atoms with Crippen LogP contribution in [-0.2, 0) is 27.7 Å². The standard InChI is InChI=1S/C25H34N2O4S/c1-6-22(21-13-12-19-9-7-8-10-20(19)16-21)26-25(28)18(3)27(32(5,29)30)23-15-17(2)11-14-24(23)31-4/h11-16,18,22H,6-10H2,1-5H3,(H,26,28)/t18-,22+/m0/s1.